The van der Waals surface area contributed by atoms with Gasteiger partial charge in [-0.2, -0.15) is 0 Å². The fourth-order valence-electron chi connectivity index (χ4n) is 1.65. The molecule has 0 saturated heterocycles. The Balaban J connectivity index is 2.87. The summed E-state index contributed by atoms with van der Waals surface area (Å²) in [6.45, 7) is 4.09. The highest BCUT2D eigenvalue weighted by Gasteiger charge is 2.20. The fraction of sp³-hybridized carbons (Fsp3) is 0.429. The van der Waals surface area contributed by atoms with E-state index >= 15 is 0 Å². The summed E-state index contributed by atoms with van der Waals surface area (Å²) in [4.78, 5) is 26.0. The molecule has 1 rings (SSSR count). The maximum absolute atomic E-state index is 12.3. The molecule has 1 heterocycles. The van der Waals surface area contributed by atoms with Crippen molar-refractivity contribution >= 4 is 23.2 Å². The predicted octanol–water partition coefficient (Wildman–Crippen LogP) is 0.675. The molecule has 1 aromatic heterocycles. The third-order valence-electron chi connectivity index (χ3n) is 2.33. The standard InChI is InChI=1S/C14H18N2O3S/c1-10(2)8-16(9-13(15)18)14(19)12-6-5-11(20-12)4-3-7-17/h5-6,10,17H,7-9H2,1-2H3,(H2,15,18). The SMILES string of the molecule is CC(C)CN(CC(N)=O)C(=O)c1ccc(C#CCO)s1. The van der Waals surface area contributed by atoms with E-state index < -0.39 is 5.91 Å². The molecule has 6 heteroatoms. The Morgan fingerprint density at radius 3 is 2.70 bits per heavy atom. The minimum absolute atomic E-state index is 0.0907. The largest absolute Gasteiger partial charge is 0.384 e. The molecule has 3 N–H and O–H groups in total. The maximum atomic E-state index is 12.3. The predicted molar refractivity (Wildman–Crippen MR) is 78.2 cm³/mol. The minimum atomic E-state index is -0.532. The number of carbonyl (C=O) groups is 2. The van der Waals surface area contributed by atoms with Crippen LogP contribution in [0, 0.1) is 17.8 Å². The molecule has 0 radical (unpaired) electrons. The van der Waals surface area contributed by atoms with Crippen molar-refractivity contribution < 1.29 is 14.7 Å². The summed E-state index contributed by atoms with van der Waals surface area (Å²) in [5.74, 6) is 4.76. The van der Waals surface area contributed by atoms with E-state index in [1.54, 1.807) is 12.1 Å². The Kier molecular flexibility index (Phi) is 6.22. The van der Waals surface area contributed by atoms with Crippen LogP contribution in [0.1, 0.15) is 28.4 Å². The molecule has 0 aromatic carbocycles. The molecule has 0 saturated carbocycles. The van der Waals surface area contributed by atoms with Gasteiger partial charge in [0.15, 0.2) is 0 Å². The van der Waals surface area contributed by atoms with Crippen LogP contribution in [-0.4, -0.2) is 41.5 Å². The number of rotatable bonds is 5. The number of hydrogen-bond acceptors (Lipinski definition) is 4. The number of hydrogen-bond donors (Lipinski definition) is 2. The van der Waals surface area contributed by atoms with E-state index in [1.165, 1.54) is 16.2 Å². The first kappa shape index (κ1) is 16.2. The Hall–Kier alpha value is -1.84. The normalized spacial score (nSPS) is 10.0. The maximum Gasteiger partial charge on any atom is 0.264 e. The van der Waals surface area contributed by atoms with Crippen molar-refractivity contribution in [1.29, 1.82) is 0 Å². The van der Waals surface area contributed by atoms with E-state index in [2.05, 4.69) is 11.8 Å². The summed E-state index contributed by atoms with van der Waals surface area (Å²) in [6.07, 6.45) is 0. The van der Waals surface area contributed by atoms with Gasteiger partial charge in [-0.15, -0.1) is 11.3 Å². The molecule has 0 bridgehead atoms. The first-order valence-corrected chi connectivity index (χ1v) is 7.02. The second-order valence-electron chi connectivity index (χ2n) is 4.67. The third-order valence-corrected chi connectivity index (χ3v) is 3.32. The van der Waals surface area contributed by atoms with Gasteiger partial charge in [-0.05, 0) is 18.1 Å². The molecular weight excluding hydrogens is 276 g/mol. The highest BCUT2D eigenvalue weighted by Crippen LogP contribution is 2.18. The molecule has 2 amide bonds. The van der Waals surface area contributed by atoms with E-state index in [0.717, 1.165) is 0 Å². The Bertz CT molecular complexity index is 540. The quantitative estimate of drug-likeness (QED) is 0.783. The number of thiophene rings is 1. The smallest absolute Gasteiger partial charge is 0.264 e. The van der Waals surface area contributed by atoms with Crippen molar-refractivity contribution in [2.75, 3.05) is 19.7 Å². The number of carbonyl (C=O) groups excluding carboxylic acids is 2. The Morgan fingerprint density at radius 1 is 1.45 bits per heavy atom. The van der Waals surface area contributed by atoms with Gasteiger partial charge in [-0.25, -0.2) is 0 Å². The van der Waals surface area contributed by atoms with E-state index in [9.17, 15) is 9.59 Å². The summed E-state index contributed by atoms with van der Waals surface area (Å²) < 4.78 is 0. The fourth-order valence-corrected chi connectivity index (χ4v) is 2.50. The van der Waals surface area contributed by atoms with E-state index in [4.69, 9.17) is 10.8 Å². The van der Waals surface area contributed by atoms with Crippen LogP contribution < -0.4 is 5.73 Å². The number of nitrogens with two attached hydrogens (primary N) is 1. The summed E-state index contributed by atoms with van der Waals surface area (Å²) in [5.41, 5.74) is 5.18. The number of primary amides is 1. The van der Waals surface area contributed by atoms with E-state index in [-0.39, 0.29) is 25.0 Å². The van der Waals surface area contributed by atoms with Gasteiger partial charge >= 0.3 is 0 Å². The van der Waals surface area contributed by atoms with Crippen LogP contribution in [0.15, 0.2) is 12.1 Å². The van der Waals surface area contributed by atoms with Crippen LogP contribution >= 0.6 is 11.3 Å². The van der Waals surface area contributed by atoms with Gasteiger partial charge in [-0.1, -0.05) is 25.7 Å². The van der Waals surface area contributed by atoms with Crippen molar-refractivity contribution in [3.8, 4) is 11.8 Å². The summed E-state index contributed by atoms with van der Waals surface area (Å²) >= 11 is 1.24. The summed E-state index contributed by atoms with van der Waals surface area (Å²) in [6, 6.07) is 3.39. The van der Waals surface area contributed by atoms with E-state index in [0.29, 0.717) is 16.3 Å². The van der Waals surface area contributed by atoms with Gasteiger partial charge in [0.05, 0.1) is 16.3 Å². The van der Waals surface area contributed by atoms with Crippen LogP contribution in [0.3, 0.4) is 0 Å². The molecule has 1 aromatic rings. The summed E-state index contributed by atoms with van der Waals surface area (Å²) in [7, 11) is 0. The number of nitrogens with zero attached hydrogens (tertiary/aromatic N) is 1. The number of aliphatic hydroxyl groups is 1. The van der Waals surface area contributed by atoms with Crippen molar-refractivity contribution in [1.82, 2.24) is 4.90 Å². The molecule has 20 heavy (non-hydrogen) atoms. The topological polar surface area (TPSA) is 83.6 Å². The van der Waals surface area contributed by atoms with Crippen LogP contribution in [0.5, 0.6) is 0 Å². The van der Waals surface area contributed by atoms with Crippen molar-refractivity contribution in [2.24, 2.45) is 11.7 Å². The van der Waals surface area contributed by atoms with E-state index in [1.807, 2.05) is 13.8 Å². The first-order chi connectivity index (χ1) is 9.43. The molecule has 0 spiro atoms. The second kappa shape index (κ2) is 7.68. The Labute approximate surface area is 122 Å². The third kappa shape index (κ3) is 5.03. The molecule has 0 fully saturated rings. The van der Waals surface area contributed by atoms with Crippen LogP contribution in [0.2, 0.25) is 0 Å². The van der Waals surface area contributed by atoms with Crippen molar-refractivity contribution in [2.45, 2.75) is 13.8 Å². The molecular formula is C14H18N2O3S. The lowest BCUT2D eigenvalue weighted by molar-refractivity contribution is -0.118. The van der Waals surface area contributed by atoms with Crippen molar-refractivity contribution in [3.63, 3.8) is 0 Å². The lowest BCUT2D eigenvalue weighted by Crippen LogP contribution is -2.40. The van der Waals surface area contributed by atoms with Gasteiger partial charge in [0.25, 0.3) is 5.91 Å². The van der Waals surface area contributed by atoms with Crippen LogP contribution in [0.4, 0.5) is 0 Å². The summed E-state index contributed by atoms with van der Waals surface area (Å²) in [5, 5.41) is 8.63. The molecule has 5 nitrogen and oxygen atoms in total. The highest BCUT2D eigenvalue weighted by molar-refractivity contribution is 7.14. The lowest BCUT2D eigenvalue weighted by Gasteiger charge is -2.22. The van der Waals surface area contributed by atoms with Gasteiger partial charge in [0.1, 0.15) is 6.61 Å². The Morgan fingerprint density at radius 2 is 2.15 bits per heavy atom. The zero-order valence-electron chi connectivity index (χ0n) is 11.5. The highest BCUT2D eigenvalue weighted by atomic mass is 32.1. The average molecular weight is 294 g/mol. The number of aliphatic hydroxyl groups excluding tert-OH is 1. The number of amides is 2. The van der Waals surface area contributed by atoms with Gasteiger partial charge in [-0.3, -0.25) is 9.59 Å². The molecule has 0 aliphatic rings. The van der Waals surface area contributed by atoms with Gasteiger partial charge in [0, 0.05) is 6.54 Å². The van der Waals surface area contributed by atoms with Crippen LogP contribution in [0.25, 0.3) is 0 Å². The molecule has 0 unspecified atom stereocenters. The van der Waals surface area contributed by atoms with Crippen molar-refractivity contribution in [3.05, 3.63) is 21.9 Å². The molecule has 108 valence electrons. The lowest BCUT2D eigenvalue weighted by atomic mass is 10.2. The zero-order valence-corrected chi connectivity index (χ0v) is 12.4. The monoisotopic (exact) mass is 294 g/mol. The van der Waals surface area contributed by atoms with Crippen LogP contribution in [-0.2, 0) is 4.79 Å². The van der Waals surface area contributed by atoms with Gasteiger partial charge in [0.2, 0.25) is 5.91 Å². The average Bonchev–Trinajstić information content (AvgIpc) is 2.82. The minimum Gasteiger partial charge on any atom is -0.384 e. The molecule has 0 aliphatic heterocycles. The molecule has 0 aliphatic carbocycles. The first-order valence-electron chi connectivity index (χ1n) is 6.21. The zero-order chi connectivity index (χ0) is 15.1. The second-order valence-corrected chi connectivity index (χ2v) is 5.75. The molecule has 0 atom stereocenters. The van der Waals surface area contributed by atoms with Gasteiger partial charge < -0.3 is 15.7 Å².